The van der Waals surface area contributed by atoms with Gasteiger partial charge in [0.25, 0.3) is 5.91 Å². The van der Waals surface area contributed by atoms with E-state index in [0.29, 0.717) is 24.6 Å². The van der Waals surface area contributed by atoms with E-state index < -0.39 is 6.10 Å². The number of carbonyl (C=O) groups excluding carboxylic acids is 1. The molecule has 28 heavy (non-hydrogen) atoms. The Morgan fingerprint density at radius 3 is 2.57 bits per heavy atom. The van der Waals surface area contributed by atoms with Gasteiger partial charge in [0.2, 0.25) is 0 Å². The Morgan fingerprint density at radius 2 is 1.82 bits per heavy atom. The van der Waals surface area contributed by atoms with Crippen LogP contribution >= 0.6 is 0 Å². The molecule has 3 aromatic rings. The number of benzene rings is 2. The number of ether oxygens (including phenoxy) is 2. The van der Waals surface area contributed by atoms with E-state index in [2.05, 4.69) is 10.2 Å². The van der Waals surface area contributed by atoms with Gasteiger partial charge < -0.3 is 14.4 Å². The van der Waals surface area contributed by atoms with Crippen molar-refractivity contribution in [1.29, 1.82) is 0 Å². The van der Waals surface area contributed by atoms with Crippen LogP contribution in [0.4, 0.5) is 0 Å². The predicted octanol–water partition coefficient (Wildman–Crippen LogP) is 3.44. The van der Waals surface area contributed by atoms with Gasteiger partial charge in [0, 0.05) is 36.3 Å². The fourth-order valence-electron chi connectivity index (χ4n) is 3.53. The Balaban J connectivity index is 1.51. The summed E-state index contributed by atoms with van der Waals surface area (Å²) in [5.41, 5.74) is 4.13. The molecular formula is C22H23N3O3. The van der Waals surface area contributed by atoms with Crippen molar-refractivity contribution in [3.63, 3.8) is 0 Å². The number of nitrogens with zero attached hydrogens (tertiary/aromatic N) is 2. The average Bonchev–Trinajstić information content (AvgIpc) is 3.17. The van der Waals surface area contributed by atoms with Crippen LogP contribution in [0.2, 0.25) is 0 Å². The van der Waals surface area contributed by atoms with Crippen molar-refractivity contribution in [3.05, 3.63) is 65.9 Å². The van der Waals surface area contributed by atoms with Crippen molar-refractivity contribution in [1.82, 2.24) is 15.1 Å². The fraction of sp³-hybridized carbons (Fsp3) is 0.273. The van der Waals surface area contributed by atoms with E-state index in [4.69, 9.17) is 9.47 Å². The molecule has 0 radical (unpaired) electrons. The second kappa shape index (κ2) is 7.76. The zero-order chi connectivity index (χ0) is 19.5. The number of fused-ring (bicyclic) bond motifs is 1. The first kappa shape index (κ1) is 18.1. The van der Waals surface area contributed by atoms with Crippen LogP contribution in [0.5, 0.6) is 11.5 Å². The third-order valence-corrected chi connectivity index (χ3v) is 5.01. The lowest BCUT2D eigenvalue weighted by atomic mass is 10.0. The van der Waals surface area contributed by atoms with Crippen LogP contribution in [-0.2, 0) is 17.8 Å². The van der Waals surface area contributed by atoms with Gasteiger partial charge in [-0.15, -0.1) is 0 Å². The van der Waals surface area contributed by atoms with Gasteiger partial charge in [-0.25, -0.2) is 0 Å². The zero-order valence-electron chi connectivity index (χ0n) is 16.0. The molecule has 4 rings (SSSR count). The molecule has 1 atom stereocenters. The largest absolute Gasteiger partial charge is 0.493 e. The quantitative estimate of drug-likeness (QED) is 0.740. The van der Waals surface area contributed by atoms with Gasteiger partial charge in [-0.2, -0.15) is 5.10 Å². The number of H-pyrrole nitrogens is 1. The smallest absolute Gasteiger partial charge is 0.263 e. The molecule has 1 amide bonds. The molecule has 0 spiro atoms. The Labute approximate surface area is 164 Å². The number of para-hydroxylation sites is 2. The van der Waals surface area contributed by atoms with E-state index in [1.54, 1.807) is 20.1 Å². The molecule has 0 unspecified atom stereocenters. The summed E-state index contributed by atoms with van der Waals surface area (Å²) in [4.78, 5) is 14.8. The second-order valence-corrected chi connectivity index (χ2v) is 6.82. The molecule has 1 aliphatic heterocycles. The van der Waals surface area contributed by atoms with Gasteiger partial charge in [-0.05, 0) is 19.1 Å². The van der Waals surface area contributed by atoms with Crippen LogP contribution in [0.3, 0.4) is 0 Å². The lowest BCUT2D eigenvalue weighted by Crippen LogP contribution is -2.43. The highest BCUT2D eigenvalue weighted by Gasteiger charge is 2.29. The van der Waals surface area contributed by atoms with E-state index in [1.165, 1.54) is 0 Å². The van der Waals surface area contributed by atoms with Crippen LogP contribution in [0.25, 0.3) is 11.3 Å². The number of carbonyl (C=O) groups is 1. The Morgan fingerprint density at radius 1 is 1.11 bits per heavy atom. The lowest BCUT2D eigenvalue weighted by molar-refractivity contribution is -0.138. The van der Waals surface area contributed by atoms with E-state index in [1.807, 2.05) is 53.4 Å². The number of nitrogens with one attached hydrogen (secondary N) is 1. The van der Waals surface area contributed by atoms with E-state index in [-0.39, 0.29) is 5.91 Å². The number of aromatic nitrogens is 2. The van der Waals surface area contributed by atoms with Crippen molar-refractivity contribution in [2.24, 2.45) is 0 Å². The monoisotopic (exact) mass is 377 g/mol. The average molecular weight is 377 g/mol. The first-order valence-corrected chi connectivity index (χ1v) is 9.37. The van der Waals surface area contributed by atoms with Crippen LogP contribution in [-0.4, -0.2) is 40.8 Å². The molecule has 0 saturated heterocycles. The normalized spacial score (nSPS) is 14.3. The zero-order valence-corrected chi connectivity index (χ0v) is 16.0. The number of methoxy groups -OCH3 is 1. The Kier molecular flexibility index (Phi) is 5.02. The standard InChI is InChI=1S/C22H23N3O3/c1-15(28-20-11-7-6-10-19(20)27-2)22(26)25-13-12-18-17(14-25)21(24-23-18)16-8-4-3-5-9-16/h3-11,15H,12-14H2,1-2H3,(H,23,24)/t15-/m0/s1. The molecule has 1 N–H and O–H groups in total. The van der Waals surface area contributed by atoms with Gasteiger partial charge in [0.15, 0.2) is 17.6 Å². The van der Waals surface area contributed by atoms with Crippen molar-refractivity contribution >= 4 is 5.91 Å². The van der Waals surface area contributed by atoms with Crippen molar-refractivity contribution < 1.29 is 14.3 Å². The van der Waals surface area contributed by atoms with Crippen LogP contribution < -0.4 is 9.47 Å². The molecule has 1 aliphatic rings. The first-order valence-electron chi connectivity index (χ1n) is 9.37. The lowest BCUT2D eigenvalue weighted by Gasteiger charge is -2.29. The number of rotatable bonds is 5. The Hall–Kier alpha value is -3.28. The second-order valence-electron chi connectivity index (χ2n) is 6.82. The topological polar surface area (TPSA) is 67.5 Å². The highest BCUT2D eigenvalue weighted by Crippen LogP contribution is 2.30. The molecule has 2 heterocycles. The minimum atomic E-state index is -0.607. The summed E-state index contributed by atoms with van der Waals surface area (Å²) in [5.74, 6) is 1.14. The maximum absolute atomic E-state index is 13.0. The van der Waals surface area contributed by atoms with Crippen molar-refractivity contribution in [3.8, 4) is 22.8 Å². The van der Waals surface area contributed by atoms with Gasteiger partial charge >= 0.3 is 0 Å². The van der Waals surface area contributed by atoms with E-state index >= 15 is 0 Å². The first-order chi connectivity index (χ1) is 13.7. The van der Waals surface area contributed by atoms with Crippen LogP contribution in [0.1, 0.15) is 18.2 Å². The van der Waals surface area contributed by atoms with E-state index in [9.17, 15) is 4.79 Å². The predicted molar refractivity (Wildman–Crippen MR) is 106 cm³/mol. The number of hydrogen-bond donors (Lipinski definition) is 1. The summed E-state index contributed by atoms with van der Waals surface area (Å²) in [6.45, 7) is 2.94. The van der Waals surface area contributed by atoms with Gasteiger partial charge in [-0.1, -0.05) is 42.5 Å². The van der Waals surface area contributed by atoms with Gasteiger partial charge in [0.05, 0.1) is 12.8 Å². The molecule has 2 aromatic carbocycles. The van der Waals surface area contributed by atoms with Crippen LogP contribution in [0, 0.1) is 0 Å². The highest BCUT2D eigenvalue weighted by atomic mass is 16.5. The summed E-state index contributed by atoms with van der Waals surface area (Å²) in [6, 6.07) is 17.4. The summed E-state index contributed by atoms with van der Waals surface area (Å²) in [7, 11) is 1.59. The summed E-state index contributed by atoms with van der Waals surface area (Å²) in [6.07, 6.45) is 0.146. The summed E-state index contributed by atoms with van der Waals surface area (Å²) < 4.78 is 11.2. The molecule has 1 aromatic heterocycles. The van der Waals surface area contributed by atoms with Gasteiger partial charge in [-0.3, -0.25) is 9.89 Å². The molecule has 6 heteroatoms. The van der Waals surface area contributed by atoms with Crippen molar-refractivity contribution in [2.45, 2.75) is 26.0 Å². The fourth-order valence-corrected chi connectivity index (χ4v) is 3.53. The maximum atomic E-state index is 13.0. The maximum Gasteiger partial charge on any atom is 0.263 e. The molecular weight excluding hydrogens is 354 g/mol. The SMILES string of the molecule is COc1ccccc1O[C@@H](C)C(=O)N1CCc2[nH]nc(-c3ccccc3)c2C1. The van der Waals surface area contributed by atoms with Crippen LogP contribution in [0.15, 0.2) is 54.6 Å². The summed E-state index contributed by atoms with van der Waals surface area (Å²) >= 11 is 0. The third-order valence-electron chi connectivity index (χ3n) is 5.01. The van der Waals surface area contributed by atoms with Crippen molar-refractivity contribution in [2.75, 3.05) is 13.7 Å². The number of aromatic amines is 1. The third kappa shape index (κ3) is 3.45. The molecule has 0 fully saturated rings. The Bertz CT molecular complexity index is 968. The highest BCUT2D eigenvalue weighted by molar-refractivity contribution is 5.81. The molecule has 144 valence electrons. The number of hydrogen-bond acceptors (Lipinski definition) is 4. The minimum Gasteiger partial charge on any atom is -0.493 e. The number of amides is 1. The van der Waals surface area contributed by atoms with Gasteiger partial charge in [0.1, 0.15) is 0 Å². The summed E-state index contributed by atoms with van der Waals surface area (Å²) in [5, 5.41) is 7.62. The molecule has 0 aliphatic carbocycles. The molecule has 6 nitrogen and oxygen atoms in total. The minimum absolute atomic E-state index is 0.0447. The molecule has 0 saturated carbocycles. The van der Waals surface area contributed by atoms with E-state index in [0.717, 1.165) is 28.9 Å². The molecule has 0 bridgehead atoms.